The normalized spacial score (nSPS) is 10.1. The molecule has 0 spiro atoms. The second-order valence-electron chi connectivity index (χ2n) is 3.35. The van der Waals surface area contributed by atoms with Crippen LogP contribution in [0.2, 0.25) is 0 Å². The molecule has 2 rings (SSSR count). The van der Waals surface area contributed by atoms with Crippen molar-refractivity contribution < 1.29 is 4.79 Å². The molecule has 88 valence electrons. The minimum absolute atomic E-state index is 0.350. The SMILES string of the molecule is NC(=O)c1ccc(N)c(NCc2nn[nH]n2)c1. The number of tetrazole rings is 1. The van der Waals surface area contributed by atoms with Crippen LogP contribution in [0.25, 0.3) is 0 Å². The first kappa shape index (κ1) is 10.9. The Balaban J connectivity index is 2.14. The smallest absolute Gasteiger partial charge is 0.248 e. The van der Waals surface area contributed by atoms with E-state index in [9.17, 15) is 4.79 Å². The van der Waals surface area contributed by atoms with Crippen molar-refractivity contribution in [1.29, 1.82) is 0 Å². The molecule has 0 atom stereocenters. The largest absolute Gasteiger partial charge is 0.397 e. The Hall–Kier alpha value is -2.64. The minimum atomic E-state index is -0.507. The summed E-state index contributed by atoms with van der Waals surface area (Å²) < 4.78 is 0. The summed E-state index contributed by atoms with van der Waals surface area (Å²) in [5, 5.41) is 16.3. The maximum atomic E-state index is 11.0. The van der Waals surface area contributed by atoms with E-state index in [1.54, 1.807) is 18.2 Å². The van der Waals surface area contributed by atoms with Gasteiger partial charge in [0.1, 0.15) is 0 Å². The van der Waals surface area contributed by atoms with E-state index in [0.29, 0.717) is 29.3 Å². The first-order chi connectivity index (χ1) is 8.16. The number of carbonyl (C=O) groups is 1. The topological polar surface area (TPSA) is 136 Å². The third-order valence-corrected chi connectivity index (χ3v) is 2.16. The Bertz CT molecular complexity index is 522. The number of nitrogens with one attached hydrogen (secondary N) is 2. The summed E-state index contributed by atoms with van der Waals surface area (Å²) in [5.74, 6) is -0.0125. The van der Waals surface area contributed by atoms with Crippen molar-refractivity contribution in [3.8, 4) is 0 Å². The highest BCUT2D eigenvalue weighted by atomic mass is 16.1. The lowest BCUT2D eigenvalue weighted by molar-refractivity contribution is 0.100. The van der Waals surface area contributed by atoms with Gasteiger partial charge in [0.25, 0.3) is 0 Å². The molecule has 8 nitrogen and oxygen atoms in total. The van der Waals surface area contributed by atoms with E-state index in [1.807, 2.05) is 0 Å². The molecule has 0 bridgehead atoms. The molecule has 2 aromatic rings. The number of benzene rings is 1. The summed E-state index contributed by atoms with van der Waals surface area (Å²) in [6, 6.07) is 4.76. The Morgan fingerprint density at radius 2 is 2.29 bits per heavy atom. The number of rotatable bonds is 4. The van der Waals surface area contributed by atoms with Crippen LogP contribution in [0, 0.1) is 0 Å². The van der Waals surface area contributed by atoms with Crippen LogP contribution in [-0.2, 0) is 6.54 Å². The fraction of sp³-hybridized carbons (Fsp3) is 0.111. The molecule has 6 N–H and O–H groups in total. The zero-order valence-corrected chi connectivity index (χ0v) is 8.84. The summed E-state index contributed by atoms with van der Waals surface area (Å²) in [5.41, 5.74) is 12.4. The molecule has 8 heteroatoms. The first-order valence-corrected chi connectivity index (χ1v) is 4.82. The molecule has 0 fully saturated rings. The van der Waals surface area contributed by atoms with Crippen LogP contribution in [0.15, 0.2) is 18.2 Å². The molecule has 0 saturated heterocycles. The highest BCUT2D eigenvalue weighted by molar-refractivity contribution is 5.94. The fourth-order valence-electron chi connectivity index (χ4n) is 1.29. The van der Waals surface area contributed by atoms with E-state index in [0.717, 1.165) is 0 Å². The number of nitrogen functional groups attached to an aromatic ring is 1. The van der Waals surface area contributed by atoms with Crippen LogP contribution in [0.5, 0.6) is 0 Å². The van der Waals surface area contributed by atoms with Crippen molar-refractivity contribution in [2.45, 2.75) is 6.54 Å². The molecular formula is C9H11N7O. The van der Waals surface area contributed by atoms with Gasteiger partial charge in [-0.15, -0.1) is 10.2 Å². The molecule has 0 saturated carbocycles. The summed E-state index contributed by atoms with van der Waals surface area (Å²) >= 11 is 0. The van der Waals surface area contributed by atoms with Crippen LogP contribution < -0.4 is 16.8 Å². The van der Waals surface area contributed by atoms with Gasteiger partial charge >= 0.3 is 0 Å². The Morgan fingerprint density at radius 1 is 1.47 bits per heavy atom. The van der Waals surface area contributed by atoms with Crippen LogP contribution in [0.3, 0.4) is 0 Å². The average Bonchev–Trinajstić information content (AvgIpc) is 2.80. The molecule has 0 aliphatic carbocycles. The highest BCUT2D eigenvalue weighted by Gasteiger charge is 2.06. The predicted octanol–water partition coefficient (Wildman–Crippen LogP) is -0.507. The van der Waals surface area contributed by atoms with Gasteiger partial charge < -0.3 is 16.8 Å². The quantitative estimate of drug-likeness (QED) is 0.525. The fourth-order valence-corrected chi connectivity index (χ4v) is 1.29. The number of carbonyl (C=O) groups excluding carboxylic acids is 1. The van der Waals surface area contributed by atoms with E-state index >= 15 is 0 Å². The Labute approximate surface area is 96.4 Å². The van der Waals surface area contributed by atoms with E-state index in [1.165, 1.54) is 0 Å². The first-order valence-electron chi connectivity index (χ1n) is 4.82. The number of hydrogen-bond donors (Lipinski definition) is 4. The molecule has 0 unspecified atom stereocenters. The van der Waals surface area contributed by atoms with Crippen molar-refractivity contribution in [3.63, 3.8) is 0 Å². The zero-order chi connectivity index (χ0) is 12.3. The maximum absolute atomic E-state index is 11.0. The monoisotopic (exact) mass is 233 g/mol. The number of anilines is 2. The second-order valence-corrected chi connectivity index (χ2v) is 3.35. The zero-order valence-electron chi connectivity index (χ0n) is 8.84. The van der Waals surface area contributed by atoms with E-state index < -0.39 is 5.91 Å². The predicted molar refractivity (Wildman–Crippen MR) is 60.9 cm³/mol. The van der Waals surface area contributed by atoms with Crippen molar-refractivity contribution in [3.05, 3.63) is 29.6 Å². The summed E-state index contributed by atoms with van der Waals surface area (Å²) in [6.07, 6.45) is 0. The molecule has 0 aliphatic rings. The van der Waals surface area contributed by atoms with Crippen molar-refractivity contribution in [2.24, 2.45) is 5.73 Å². The number of H-pyrrole nitrogens is 1. The van der Waals surface area contributed by atoms with Gasteiger partial charge in [-0.2, -0.15) is 5.21 Å². The summed E-state index contributed by atoms with van der Waals surface area (Å²) in [4.78, 5) is 11.0. The summed E-state index contributed by atoms with van der Waals surface area (Å²) in [7, 11) is 0. The lowest BCUT2D eigenvalue weighted by atomic mass is 10.1. The number of primary amides is 1. The van der Waals surface area contributed by atoms with Crippen LogP contribution >= 0.6 is 0 Å². The van der Waals surface area contributed by atoms with Crippen LogP contribution in [0.1, 0.15) is 16.2 Å². The van der Waals surface area contributed by atoms with Crippen LogP contribution in [0.4, 0.5) is 11.4 Å². The molecule has 0 radical (unpaired) electrons. The van der Waals surface area contributed by atoms with Gasteiger partial charge in [0.2, 0.25) is 5.91 Å². The number of nitrogens with zero attached hydrogens (tertiary/aromatic N) is 3. The number of aromatic amines is 1. The standard InChI is InChI=1S/C9H11N7O/c10-6-2-1-5(9(11)17)3-7(6)12-4-8-13-15-16-14-8/h1-3,12H,4,10H2,(H2,11,17)(H,13,14,15,16). The van der Waals surface area contributed by atoms with Crippen molar-refractivity contribution >= 4 is 17.3 Å². The van der Waals surface area contributed by atoms with Gasteiger partial charge in [-0.3, -0.25) is 4.79 Å². The molecular weight excluding hydrogens is 222 g/mol. The lowest BCUT2D eigenvalue weighted by Gasteiger charge is -2.08. The van der Waals surface area contributed by atoms with Gasteiger partial charge in [-0.25, -0.2) is 0 Å². The minimum Gasteiger partial charge on any atom is -0.397 e. The molecule has 1 aromatic heterocycles. The van der Waals surface area contributed by atoms with Crippen molar-refractivity contribution in [1.82, 2.24) is 20.6 Å². The number of nitrogens with two attached hydrogens (primary N) is 2. The number of hydrogen-bond acceptors (Lipinski definition) is 6. The lowest BCUT2D eigenvalue weighted by Crippen LogP contribution is -2.12. The van der Waals surface area contributed by atoms with Gasteiger partial charge in [0.15, 0.2) is 5.82 Å². The van der Waals surface area contributed by atoms with E-state index in [2.05, 4.69) is 25.9 Å². The summed E-state index contributed by atoms with van der Waals surface area (Å²) in [6.45, 7) is 0.350. The molecule has 1 heterocycles. The highest BCUT2D eigenvalue weighted by Crippen LogP contribution is 2.20. The van der Waals surface area contributed by atoms with Crippen LogP contribution in [-0.4, -0.2) is 26.5 Å². The molecule has 0 aliphatic heterocycles. The molecule has 1 amide bonds. The Kier molecular flexibility index (Phi) is 2.86. The van der Waals surface area contributed by atoms with Gasteiger partial charge in [-0.1, -0.05) is 5.21 Å². The van der Waals surface area contributed by atoms with Gasteiger partial charge in [-0.05, 0) is 18.2 Å². The van der Waals surface area contributed by atoms with E-state index in [4.69, 9.17) is 11.5 Å². The number of amides is 1. The molecule has 1 aromatic carbocycles. The third-order valence-electron chi connectivity index (χ3n) is 2.16. The van der Waals surface area contributed by atoms with Gasteiger partial charge in [0.05, 0.1) is 17.9 Å². The van der Waals surface area contributed by atoms with Crippen molar-refractivity contribution in [2.75, 3.05) is 11.1 Å². The maximum Gasteiger partial charge on any atom is 0.248 e. The third kappa shape index (κ3) is 2.48. The Morgan fingerprint density at radius 3 is 2.94 bits per heavy atom. The number of aromatic nitrogens is 4. The van der Waals surface area contributed by atoms with Gasteiger partial charge in [0, 0.05) is 5.56 Å². The average molecular weight is 233 g/mol. The second kappa shape index (κ2) is 4.47. The van der Waals surface area contributed by atoms with E-state index in [-0.39, 0.29) is 0 Å². The molecule has 17 heavy (non-hydrogen) atoms.